The highest BCUT2D eigenvalue weighted by molar-refractivity contribution is 7.15. The number of rotatable bonds is 7. The summed E-state index contributed by atoms with van der Waals surface area (Å²) in [5.74, 6) is 2.34. The van der Waals surface area contributed by atoms with Crippen LogP contribution in [0.4, 0.5) is 5.13 Å². The molecule has 0 spiro atoms. The minimum absolute atomic E-state index is 0.0289. The number of ether oxygens (including phenoxy) is 1. The fourth-order valence-corrected chi connectivity index (χ4v) is 9.52. The van der Waals surface area contributed by atoms with Gasteiger partial charge in [0.1, 0.15) is 18.9 Å². The second kappa shape index (κ2) is 12.2. The first-order valence-corrected chi connectivity index (χ1v) is 17.2. The number of aromatic nitrogens is 1. The van der Waals surface area contributed by atoms with Crippen molar-refractivity contribution in [2.24, 2.45) is 28.3 Å². The Morgan fingerprint density at radius 1 is 1.23 bits per heavy atom. The fourth-order valence-electron chi connectivity index (χ4n) is 8.84. The SMILES string of the molecule is CO/N=C1\CC(CCC(=O)Nc2ncc(C)s2)C2C3CCc4cc(OC(=O)C5CCCN5)c(C(C)(C)C)cc4C3CC[C@]12C. The largest absolute Gasteiger partial charge is 0.425 e. The van der Waals surface area contributed by atoms with E-state index < -0.39 is 0 Å². The number of hydrogen-bond acceptors (Lipinski definition) is 8. The monoisotopic (exact) mass is 620 g/mol. The topological polar surface area (TPSA) is 102 Å². The lowest BCUT2D eigenvalue weighted by Crippen LogP contribution is -2.44. The number of aryl methyl sites for hydroxylation is 2. The van der Waals surface area contributed by atoms with Gasteiger partial charge in [-0.15, -0.1) is 11.3 Å². The van der Waals surface area contributed by atoms with Crippen LogP contribution in [-0.2, 0) is 26.3 Å². The van der Waals surface area contributed by atoms with Crippen molar-refractivity contribution in [2.75, 3.05) is 19.0 Å². The molecule has 2 N–H and O–H groups in total. The highest BCUT2D eigenvalue weighted by Crippen LogP contribution is 2.63. The number of benzene rings is 1. The molecule has 1 saturated heterocycles. The van der Waals surface area contributed by atoms with E-state index in [1.54, 1.807) is 13.3 Å². The molecule has 2 aromatic rings. The van der Waals surface area contributed by atoms with E-state index in [0.29, 0.717) is 35.2 Å². The molecule has 9 heteroatoms. The number of fused-ring (bicyclic) bond motifs is 5. The zero-order valence-electron chi connectivity index (χ0n) is 27.1. The summed E-state index contributed by atoms with van der Waals surface area (Å²) in [6, 6.07) is 4.34. The summed E-state index contributed by atoms with van der Waals surface area (Å²) in [7, 11) is 1.64. The first-order valence-electron chi connectivity index (χ1n) is 16.4. The molecule has 5 unspecified atom stereocenters. The molecule has 3 fully saturated rings. The fraction of sp³-hybridized carbons (Fsp3) is 0.657. The van der Waals surface area contributed by atoms with Crippen LogP contribution >= 0.6 is 11.3 Å². The van der Waals surface area contributed by atoms with Crippen LogP contribution in [0.1, 0.15) is 107 Å². The minimum Gasteiger partial charge on any atom is -0.425 e. The van der Waals surface area contributed by atoms with Crippen molar-refractivity contribution in [2.45, 2.75) is 110 Å². The second-order valence-corrected chi connectivity index (χ2v) is 15.9. The molecule has 1 amide bonds. The third-order valence-corrected chi connectivity index (χ3v) is 11.7. The third kappa shape index (κ3) is 5.94. The molecule has 8 nitrogen and oxygen atoms in total. The molecule has 6 rings (SSSR count). The summed E-state index contributed by atoms with van der Waals surface area (Å²) in [5.41, 5.74) is 4.83. The molecule has 3 aliphatic carbocycles. The second-order valence-electron chi connectivity index (χ2n) is 14.7. The lowest BCUT2D eigenvalue weighted by molar-refractivity contribution is -0.136. The zero-order chi connectivity index (χ0) is 31.2. The maximum absolute atomic E-state index is 13.0. The molecule has 1 aromatic heterocycles. The molecule has 1 aromatic carbocycles. The quantitative estimate of drug-likeness (QED) is 0.198. The van der Waals surface area contributed by atoms with Gasteiger partial charge in [-0.1, -0.05) is 38.9 Å². The van der Waals surface area contributed by atoms with Gasteiger partial charge in [0.25, 0.3) is 0 Å². The number of anilines is 1. The van der Waals surface area contributed by atoms with E-state index in [9.17, 15) is 9.59 Å². The molecule has 0 radical (unpaired) electrons. The van der Waals surface area contributed by atoms with Crippen molar-refractivity contribution in [1.29, 1.82) is 0 Å². The average molecular weight is 621 g/mol. The van der Waals surface area contributed by atoms with Crippen LogP contribution in [0.2, 0.25) is 0 Å². The lowest BCUT2D eigenvalue weighted by Gasteiger charge is -2.50. The van der Waals surface area contributed by atoms with Gasteiger partial charge in [0, 0.05) is 28.5 Å². The predicted octanol–water partition coefficient (Wildman–Crippen LogP) is 6.91. The highest BCUT2D eigenvalue weighted by atomic mass is 32.1. The first-order chi connectivity index (χ1) is 21.0. The number of carbonyl (C=O) groups excluding carboxylic acids is 2. The number of nitrogens with zero attached hydrogens (tertiary/aromatic N) is 2. The van der Waals surface area contributed by atoms with Crippen LogP contribution in [0.25, 0.3) is 0 Å². The maximum Gasteiger partial charge on any atom is 0.328 e. The number of carbonyl (C=O) groups is 2. The van der Waals surface area contributed by atoms with Crippen molar-refractivity contribution in [3.05, 3.63) is 39.9 Å². The standard InChI is InChI=1S/C35H48N4O4S/c1-20-19-37-33(44-20)38-30(40)12-10-22-17-29(39-42-6)35(5)14-13-23-24(31(22)35)11-9-21-16-28(26(18-25(21)23)34(2,3)4)43-32(41)27-8-7-15-36-27/h16,18-19,22-24,27,31,36H,7-15,17H2,1-6H3,(H,37,38,40)/b39-29+/t22?,23?,24?,27?,31?,35-/m1/s1. The minimum atomic E-state index is -0.214. The van der Waals surface area contributed by atoms with E-state index in [0.717, 1.165) is 79.8 Å². The third-order valence-electron chi connectivity index (χ3n) is 10.9. The van der Waals surface area contributed by atoms with Crippen LogP contribution in [0, 0.1) is 30.1 Å². The van der Waals surface area contributed by atoms with Crippen LogP contribution in [0.15, 0.2) is 23.5 Å². The van der Waals surface area contributed by atoms with Gasteiger partial charge >= 0.3 is 5.97 Å². The summed E-state index contributed by atoms with van der Waals surface area (Å²) in [6.45, 7) is 11.9. The lowest BCUT2D eigenvalue weighted by atomic mass is 9.53. The number of oxime groups is 1. The molecular formula is C35H48N4O4S. The Morgan fingerprint density at radius 2 is 2.05 bits per heavy atom. The maximum atomic E-state index is 13.0. The molecule has 44 heavy (non-hydrogen) atoms. The summed E-state index contributed by atoms with van der Waals surface area (Å²) in [5, 5.41) is 11.5. The van der Waals surface area contributed by atoms with E-state index in [4.69, 9.17) is 9.57 Å². The Kier molecular flexibility index (Phi) is 8.65. The summed E-state index contributed by atoms with van der Waals surface area (Å²) >= 11 is 1.51. The van der Waals surface area contributed by atoms with Gasteiger partial charge in [0.05, 0.1) is 5.71 Å². The van der Waals surface area contributed by atoms with Gasteiger partial charge in [0.15, 0.2) is 5.13 Å². The number of thiazole rings is 1. The van der Waals surface area contributed by atoms with Gasteiger partial charge in [0.2, 0.25) is 5.91 Å². The van der Waals surface area contributed by atoms with E-state index in [1.165, 1.54) is 22.5 Å². The summed E-state index contributed by atoms with van der Waals surface area (Å²) < 4.78 is 6.13. The highest BCUT2D eigenvalue weighted by Gasteiger charge is 2.57. The Hall–Kier alpha value is -2.78. The van der Waals surface area contributed by atoms with Gasteiger partial charge in [-0.3, -0.25) is 4.79 Å². The molecule has 0 bridgehead atoms. The molecular weight excluding hydrogens is 572 g/mol. The van der Waals surface area contributed by atoms with Gasteiger partial charge in [-0.25, -0.2) is 9.78 Å². The zero-order valence-corrected chi connectivity index (χ0v) is 27.9. The van der Waals surface area contributed by atoms with Crippen molar-refractivity contribution in [1.82, 2.24) is 10.3 Å². The molecule has 238 valence electrons. The molecule has 4 aliphatic rings. The van der Waals surface area contributed by atoms with Gasteiger partial charge in [-0.05, 0) is 111 Å². The molecule has 2 heterocycles. The number of nitrogens with one attached hydrogen (secondary N) is 2. The smallest absolute Gasteiger partial charge is 0.328 e. The van der Waals surface area contributed by atoms with E-state index in [1.807, 2.05) is 6.92 Å². The van der Waals surface area contributed by atoms with Crippen LogP contribution in [-0.4, -0.2) is 42.3 Å². The summed E-state index contributed by atoms with van der Waals surface area (Å²) in [4.78, 5) is 36.8. The first kappa shape index (κ1) is 31.2. The number of hydrogen-bond donors (Lipinski definition) is 2. The normalized spacial score (nSPS) is 30.4. The Bertz CT molecular complexity index is 1440. The molecule has 6 atom stereocenters. The van der Waals surface area contributed by atoms with Crippen molar-refractivity contribution in [3.63, 3.8) is 0 Å². The van der Waals surface area contributed by atoms with Crippen molar-refractivity contribution in [3.8, 4) is 5.75 Å². The molecule has 2 saturated carbocycles. The number of esters is 1. The molecule has 1 aliphatic heterocycles. The Balaban J connectivity index is 1.27. The summed E-state index contributed by atoms with van der Waals surface area (Å²) in [6.07, 6.45) is 10.0. The van der Waals surface area contributed by atoms with Crippen molar-refractivity contribution < 1.29 is 19.2 Å². The number of amides is 1. The Morgan fingerprint density at radius 3 is 2.73 bits per heavy atom. The van der Waals surface area contributed by atoms with E-state index in [-0.39, 0.29) is 28.7 Å². The van der Waals surface area contributed by atoms with Crippen LogP contribution in [0.5, 0.6) is 5.75 Å². The van der Waals surface area contributed by atoms with Crippen molar-refractivity contribution >= 4 is 34.1 Å². The van der Waals surface area contributed by atoms with Crippen LogP contribution < -0.4 is 15.4 Å². The van der Waals surface area contributed by atoms with Gasteiger partial charge < -0.3 is 20.2 Å². The van der Waals surface area contributed by atoms with Gasteiger partial charge in [-0.2, -0.15) is 0 Å². The van der Waals surface area contributed by atoms with Crippen LogP contribution in [0.3, 0.4) is 0 Å². The Labute approximate surface area is 265 Å². The predicted molar refractivity (Wildman–Crippen MR) is 174 cm³/mol. The van der Waals surface area contributed by atoms with E-state index in [2.05, 4.69) is 60.6 Å². The van der Waals surface area contributed by atoms with E-state index >= 15 is 0 Å². The average Bonchev–Trinajstić information content (AvgIpc) is 3.71.